The molecule has 0 saturated heterocycles. The lowest BCUT2D eigenvalue weighted by molar-refractivity contribution is 0.332. The Bertz CT molecular complexity index is 3340. The lowest BCUT2D eigenvalue weighted by Crippen LogP contribution is -2.61. The van der Waals surface area contributed by atoms with Crippen LogP contribution in [-0.4, -0.2) is 6.71 Å². The lowest BCUT2D eigenvalue weighted by atomic mass is 9.35. The van der Waals surface area contributed by atoms with E-state index in [0.29, 0.717) is 0 Å². The molecule has 1 aromatic heterocycles. The molecule has 11 rings (SSSR count). The van der Waals surface area contributed by atoms with Gasteiger partial charge in [0.05, 0.1) is 17.0 Å². The first-order valence-corrected chi connectivity index (χ1v) is 26.6. The molecule has 71 heavy (non-hydrogen) atoms. The Morgan fingerprint density at radius 3 is 1.58 bits per heavy atom. The molecular weight excluding hydrogens is 867 g/mol. The van der Waals surface area contributed by atoms with Gasteiger partial charge in [-0.1, -0.05) is 154 Å². The number of furan rings is 1. The van der Waals surface area contributed by atoms with Gasteiger partial charge in [0.25, 0.3) is 6.71 Å². The highest BCUT2D eigenvalue weighted by Gasteiger charge is 2.50. The summed E-state index contributed by atoms with van der Waals surface area (Å²) in [6, 6.07) is 38.6. The fourth-order valence-electron chi connectivity index (χ4n) is 12.8. The second-order valence-corrected chi connectivity index (χ2v) is 27.8. The van der Waals surface area contributed by atoms with Gasteiger partial charge < -0.3 is 14.2 Å². The number of rotatable bonds is 3. The van der Waals surface area contributed by atoms with Crippen molar-refractivity contribution in [1.29, 1.82) is 0 Å². The SMILES string of the molecule is CC(C)(C)c1ccc(N2c3cc(C(C)(C)C)cc4c3B(c3cc5c(cc3N4c3ccc(C(C)(C)C)cc3-c3cccc(F)c3)C(C)(C)CCC5(C)C)c3oc4cc5c(cc4c32)C(C)(C)CCC5(C)C)cc1. The number of nitrogens with zero attached hydrogens (tertiary/aromatic N) is 2. The Kier molecular flexibility index (Phi) is 10.3. The summed E-state index contributed by atoms with van der Waals surface area (Å²) in [6.07, 6.45) is 4.48. The molecular formula is C66H76BFN2O. The highest BCUT2D eigenvalue weighted by Crippen LogP contribution is 2.55. The van der Waals surface area contributed by atoms with E-state index >= 15 is 4.39 Å². The van der Waals surface area contributed by atoms with E-state index in [1.807, 2.05) is 6.07 Å². The van der Waals surface area contributed by atoms with E-state index < -0.39 is 0 Å². The predicted molar refractivity (Wildman–Crippen MR) is 302 cm³/mol. The van der Waals surface area contributed by atoms with Gasteiger partial charge in [0.2, 0.25) is 0 Å². The molecule has 0 atom stereocenters. The van der Waals surface area contributed by atoms with Gasteiger partial charge in [-0.25, -0.2) is 4.39 Å². The smallest absolute Gasteiger partial charge is 0.297 e. The maximum atomic E-state index is 15.6. The van der Waals surface area contributed by atoms with Crippen LogP contribution in [0.5, 0.6) is 0 Å². The first-order chi connectivity index (χ1) is 33.0. The number of benzene rings is 6. The zero-order valence-electron chi connectivity index (χ0n) is 45.9. The van der Waals surface area contributed by atoms with Crippen LogP contribution in [0.3, 0.4) is 0 Å². The minimum absolute atomic E-state index is 0.00457. The van der Waals surface area contributed by atoms with Gasteiger partial charge in [0, 0.05) is 33.7 Å². The molecule has 0 spiro atoms. The predicted octanol–water partition coefficient (Wildman–Crippen LogP) is 16.9. The Balaban J connectivity index is 1.32. The maximum absolute atomic E-state index is 15.6. The van der Waals surface area contributed by atoms with E-state index in [1.165, 1.54) is 66.6 Å². The van der Waals surface area contributed by atoms with Crippen LogP contribution in [0.25, 0.3) is 22.1 Å². The average molecular weight is 943 g/mol. The molecule has 5 heteroatoms. The molecule has 0 fully saturated rings. The Hall–Kier alpha value is -5.55. The molecule has 2 aliphatic heterocycles. The van der Waals surface area contributed by atoms with E-state index in [4.69, 9.17) is 4.42 Å². The molecule has 4 aliphatic rings. The summed E-state index contributed by atoms with van der Waals surface area (Å²) >= 11 is 0. The minimum atomic E-state index is -0.238. The summed E-state index contributed by atoms with van der Waals surface area (Å²) < 4.78 is 23.3. The van der Waals surface area contributed by atoms with E-state index in [9.17, 15) is 0 Å². The molecule has 366 valence electrons. The van der Waals surface area contributed by atoms with Gasteiger partial charge in [-0.3, -0.25) is 0 Å². The average Bonchev–Trinajstić information content (AvgIpc) is 3.66. The highest BCUT2D eigenvalue weighted by atomic mass is 19.1. The van der Waals surface area contributed by atoms with E-state index in [2.05, 4.69) is 212 Å². The monoisotopic (exact) mass is 943 g/mol. The van der Waals surface area contributed by atoms with Crippen molar-refractivity contribution in [2.24, 2.45) is 0 Å². The number of halogens is 1. The summed E-state index contributed by atoms with van der Waals surface area (Å²) in [4.78, 5) is 5.14. The lowest BCUT2D eigenvalue weighted by Gasteiger charge is -2.47. The first-order valence-electron chi connectivity index (χ1n) is 26.6. The summed E-state index contributed by atoms with van der Waals surface area (Å²) in [6.45, 7) is 40.0. The van der Waals surface area contributed by atoms with Gasteiger partial charge in [0.1, 0.15) is 11.4 Å². The fraction of sp³-hybridized carbons (Fsp3) is 0.424. The van der Waals surface area contributed by atoms with Crippen LogP contribution in [0, 0.1) is 5.82 Å². The number of hydrogen-bond donors (Lipinski definition) is 0. The second kappa shape index (κ2) is 15.2. The molecule has 0 N–H and O–H groups in total. The molecule has 2 aliphatic carbocycles. The molecule has 0 bridgehead atoms. The zero-order chi connectivity index (χ0) is 50.9. The summed E-state index contributed by atoms with van der Waals surface area (Å²) in [7, 11) is 0. The van der Waals surface area contributed by atoms with Crippen LogP contribution in [0.15, 0.2) is 108 Å². The van der Waals surface area contributed by atoms with Crippen LogP contribution >= 0.6 is 0 Å². The highest BCUT2D eigenvalue weighted by molar-refractivity contribution is 7.00. The Morgan fingerprint density at radius 1 is 0.493 bits per heavy atom. The molecule has 0 amide bonds. The fourth-order valence-corrected chi connectivity index (χ4v) is 12.8. The van der Waals surface area contributed by atoms with Crippen molar-refractivity contribution in [3.05, 3.63) is 148 Å². The van der Waals surface area contributed by atoms with Crippen LogP contribution in [0.4, 0.5) is 38.5 Å². The van der Waals surface area contributed by atoms with Gasteiger partial charge >= 0.3 is 0 Å². The van der Waals surface area contributed by atoms with Crippen molar-refractivity contribution >= 4 is 68.4 Å². The van der Waals surface area contributed by atoms with Crippen molar-refractivity contribution < 1.29 is 8.81 Å². The third kappa shape index (κ3) is 7.47. The quantitative estimate of drug-likeness (QED) is 0.165. The zero-order valence-corrected chi connectivity index (χ0v) is 45.9. The molecule has 3 nitrogen and oxygen atoms in total. The van der Waals surface area contributed by atoms with Crippen LogP contribution < -0.4 is 26.4 Å². The minimum Gasteiger partial charge on any atom is -0.468 e. The van der Waals surface area contributed by atoms with Gasteiger partial charge in [-0.2, -0.15) is 0 Å². The summed E-state index contributed by atoms with van der Waals surface area (Å²) in [5.41, 5.74) is 22.2. The Labute approximate surface area is 425 Å². The van der Waals surface area contributed by atoms with E-state index in [-0.39, 0.29) is 50.4 Å². The van der Waals surface area contributed by atoms with Crippen molar-refractivity contribution in [1.82, 2.24) is 0 Å². The number of anilines is 6. The molecule has 0 unspecified atom stereocenters. The van der Waals surface area contributed by atoms with Gasteiger partial charge in [0.15, 0.2) is 0 Å². The van der Waals surface area contributed by atoms with Gasteiger partial charge in [-0.15, -0.1) is 0 Å². The van der Waals surface area contributed by atoms with Crippen molar-refractivity contribution in [2.75, 3.05) is 9.80 Å². The van der Waals surface area contributed by atoms with Gasteiger partial charge in [-0.05, 0) is 186 Å². The van der Waals surface area contributed by atoms with E-state index in [1.54, 1.807) is 12.1 Å². The topological polar surface area (TPSA) is 19.6 Å². The Morgan fingerprint density at radius 2 is 1.01 bits per heavy atom. The normalized spacial score (nSPS) is 18.4. The third-order valence-corrected chi connectivity index (χ3v) is 17.7. The molecule has 0 saturated carbocycles. The third-order valence-electron chi connectivity index (χ3n) is 17.7. The standard InChI is InChI=1S/C66H76BFN2O/c1-60(2,3)40-21-24-44(25-22-40)69-54-33-42(62(7,8)9)34-55-57(54)67(59-58(69)46-35-47-50(38-56(46)71-59)66(16,17)30-27-63(47,10)11)51-36-48-49(65(14,15)29-28-64(48,12)13)37-53(51)70(55)52-26-23-41(61(4,5)6)32-45(52)39-19-18-20-43(68)31-39/h18-26,31-38H,27-30H2,1-17H3. The van der Waals surface area contributed by atoms with Crippen LogP contribution in [0.1, 0.15) is 182 Å². The van der Waals surface area contributed by atoms with Crippen molar-refractivity contribution in [3.63, 3.8) is 0 Å². The van der Waals surface area contributed by atoms with Crippen LogP contribution in [-0.2, 0) is 37.9 Å². The number of fused-ring (bicyclic) bond motifs is 8. The summed E-state index contributed by atoms with van der Waals surface area (Å²) in [5.74, 6) is -0.238. The molecule has 3 heterocycles. The summed E-state index contributed by atoms with van der Waals surface area (Å²) in [5, 5.41) is 1.17. The second-order valence-electron chi connectivity index (χ2n) is 27.8. The first kappa shape index (κ1) is 47.8. The molecule has 6 aromatic carbocycles. The molecule has 0 radical (unpaired) electrons. The van der Waals surface area contributed by atoms with Crippen molar-refractivity contribution in [3.8, 4) is 11.1 Å². The largest absolute Gasteiger partial charge is 0.468 e. The van der Waals surface area contributed by atoms with Crippen LogP contribution in [0.2, 0.25) is 0 Å². The maximum Gasteiger partial charge on any atom is 0.297 e. The molecule has 7 aromatic rings. The number of hydrogen-bond acceptors (Lipinski definition) is 3. The van der Waals surface area contributed by atoms with E-state index in [0.717, 1.165) is 70.8 Å². The van der Waals surface area contributed by atoms with Crippen molar-refractivity contribution in [2.45, 2.75) is 181 Å².